The van der Waals surface area contributed by atoms with E-state index in [4.69, 9.17) is 4.98 Å². The highest BCUT2D eigenvalue weighted by Crippen LogP contribution is 2.31. The highest BCUT2D eigenvalue weighted by atomic mass is 32.1. The predicted molar refractivity (Wildman–Crippen MR) is 90.2 cm³/mol. The van der Waals surface area contributed by atoms with Crippen molar-refractivity contribution in [2.45, 2.75) is 64.5 Å². The fourth-order valence-corrected chi connectivity index (χ4v) is 4.05. The molecular formula is C17H25N3S. The Hall–Kier alpha value is -1.29. The molecule has 2 heterocycles. The first-order chi connectivity index (χ1) is 10.0. The van der Waals surface area contributed by atoms with Gasteiger partial charge in [-0.05, 0) is 31.2 Å². The van der Waals surface area contributed by atoms with Gasteiger partial charge in [0.1, 0.15) is 0 Å². The number of hydrogen-bond donors (Lipinski definition) is 1. The number of imidazole rings is 1. The van der Waals surface area contributed by atoms with Crippen molar-refractivity contribution in [3.05, 3.63) is 34.3 Å². The topological polar surface area (TPSA) is 29.9 Å². The maximum atomic E-state index is 4.69. The molecule has 0 amide bonds. The van der Waals surface area contributed by atoms with E-state index >= 15 is 0 Å². The van der Waals surface area contributed by atoms with Crippen LogP contribution in [0.1, 0.15) is 50.1 Å². The van der Waals surface area contributed by atoms with Crippen LogP contribution in [0.5, 0.6) is 0 Å². The summed E-state index contributed by atoms with van der Waals surface area (Å²) in [7, 11) is 0. The van der Waals surface area contributed by atoms with Crippen LogP contribution in [0.25, 0.3) is 0 Å². The van der Waals surface area contributed by atoms with Crippen molar-refractivity contribution >= 4 is 17.3 Å². The quantitative estimate of drug-likeness (QED) is 0.876. The van der Waals surface area contributed by atoms with Crippen molar-refractivity contribution < 1.29 is 0 Å². The molecule has 21 heavy (non-hydrogen) atoms. The van der Waals surface area contributed by atoms with Crippen LogP contribution < -0.4 is 5.32 Å². The Balaban J connectivity index is 1.78. The van der Waals surface area contributed by atoms with E-state index in [1.54, 1.807) is 0 Å². The molecule has 3 nitrogen and oxygen atoms in total. The molecule has 2 aromatic heterocycles. The Morgan fingerprint density at radius 3 is 2.81 bits per heavy atom. The molecule has 0 spiro atoms. The Morgan fingerprint density at radius 2 is 2.14 bits per heavy atom. The summed E-state index contributed by atoms with van der Waals surface area (Å²) in [6, 6.07) is 4.98. The summed E-state index contributed by atoms with van der Waals surface area (Å²) in [6.45, 7) is 7.67. The van der Waals surface area contributed by atoms with Gasteiger partial charge in [-0.3, -0.25) is 0 Å². The number of anilines is 1. The molecule has 0 atom stereocenters. The van der Waals surface area contributed by atoms with Gasteiger partial charge in [0.15, 0.2) is 0 Å². The van der Waals surface area contributed by atoms with Crippen molar-refractivity contribution in [2.24, 2.45) is 0 Å². The molecule has 114 valence electrons. The maximum absolute atomic E-state index is 4.69. The molecule has 1 aliphatic carbocycles. The summed E-state index contributed by atoms with van der Waals surface area (Å²) >= 11 is 1.84. The second-order valence-corrected chi connectivity index (χ2v) is 7.77. The molecular weight excluding hydrogens is 278 g/mol. The monoisotopic (exact) mass is 303 g/mol. The van der Waals surface area contributed by atoms with Crippen molar-refractivity contribution in [2.75, 3.05) is 5.32 Å². The fourth-order valence-electron chi connectivity index (χ4n) is 3.20. The van der Waals surface area contributed by atoms with Crippen LogP contribution in [0.15, 0.2) is 23.7 Å². The molecule has 1 fully saturated rings. The van der Waals surface area contributed by atoms with Gasteiger partial charge in [0.25, 0.3) is 0 Å². The highest BCUT2D eigenvalue weighted by molar-refractivity contribution is 7.10. The number of hydrogen-bond acceptors (Lipinski definition) is 3. The standard InChI is InChI=1S/C17H25N3S/c1-13-11-20(12-17(2,3)15-9-6-10-21-15)16(18-13)19-14-7-4-5-8-14/h6,9-11,14H,4-5,7-8,12H2,1-3H3,(H,18,19). The zero-order chi connectivity index (χ0) is 14.9. The number of thiophene rings is 1. The van der Waals surface area contributed by atoms with Crippen LogP contribution in [0.3, 0.4) is 0 Å². The second kappa shape index (κ2) is 5.84. The van der Waals surface area contributed by atoms with Gasteiger partial charge in [-0.15, -0.1) is 11.3 Å². The summed E-state index contributed by atoms with van der Waals surface area (Å²) in [5.41, 5.74) is 1.23. The first kappa shape index (κ1) is 14.6. The third-order valence-corrected chi connectivity index (χ3v) is 5.58. The number of nitrogens with zero attached hydrogens (tertiary/aromatic N) is 2. The van der Waals surface area contributed by atoms with E-state index in [-0.39, 0.29) is 5.41 Å². The van der Waals surface area contributed by atoms with Crippen LogP contribution in [0, 0.1) is 6.92 Å². The first-order valence-corrected chi connectivity index (χ1v) is 8.77. The molecule has 4 heteroatoms. The molecule has 1 aliphatic rings. The Morgan fingerprint density at radius 1 is 1.38 bits per heavy atom. The number of aryl methyl sites for hydroxylation is 1. The van der Waals surface area contributed by atoms with E-state index in [0.29, 0.717) is 6.04 Å². The Labute approximate surface area is 131 Å². The van der Waals surface area contributed by atoms with E-state index in [1.165, 1.54) is 30.6 Å². The van der Waals surface area contributed by atoms with E-state index in [2.05, 4.69) is 54.4 Å². The van der Waals surface area contributed by atoms with Crippen LogP contribution >= 0.6 is 11.3 Å². The van der Waals surface area contributed by atoms with Crippen LogP contribution in [-0.2, 0) is 12.0 Å². The maximum Gasteiger partial charge on any atom is 0.203 e. The summed E-state index contributed by atoms with van der Waals surface area (Å²) in [6.07, 6.45) is 7.42. The normalized spacial score (nSPS) is 16.5. The molecule has 2 aromatic rings. The molecule has 0 bridgehead atoms. The summed E-state index contributed by atoms with van der Waals surface area (Å²) < 4.78 is 2.30. The summed E-state index contributed by atoms with van der Waals surface area (Å²) in [5, 5.41) is 5.81. The van der Waals surface area contributed by atoms with Gasteiger partial charge >= 0.3 is 0 Å². The minimum Gasteiger partial charge on any atom is -0.353 e. The van der Waals surface area contributed by atoms with Crippen LogP contribution in [-0.4, -0.2) is 15.6 Å². The Bertz CT molecular complexity index is 577. The van der Waals surface area contributed by atoms with Gasteiger partial charge in [0.05, 0.1) is 5.69 Å². The van der Waals surface area contributed by atoms with Gasteiger partial charge in [-0.2, -0.15) is 0 Å². The van der Waals surface area contributed by atoms with Crippen molar-refractivity contribution in [1.82, 2.24) is 9.55 Å². The third-order valence-electron chi connectivity index (χ3n) is 4.34. The van der Waals surface area contributed by atoms with Gasteiger partial charge in [0.2, 0.25) is 5.95 Å². The van der Waals surface area contributed by atoms with Crippen molar-refractivity contribution in [1.29, 1.82) is 0 Å². The lowest BCUT2D eigenvalue weighted by atomic mass is 9.91. The third kappa shape index (κ3) is 3.31. The van der Waals surface area contributed by atoms with Crippen LogP contribution in [0.2, 0.25) is 0 Å². The fraction of sp³-hybridized carbons (Fsp3) is 0.588. The number of nitrogens with one attached hydrogen (secondary N) is 1. The molecule has 1 N–H and O–H groups in total. The minimum absolute atomic E-state index is 0.132. The Kier molecular flexibility index (Phi) is 4.07. The van der Waals surface area contributed by atoms with Crippen molar-refractivity contribution in [3.63, 3.8) is 0 Å². The van der Waals surface area contributed by atoms with Gasteiger partial charge in [-0.1, -0.05) is 32.8 Å². The first-order valence-electron chi connectivity index (χ1n) is 7.89. The molecule has 0 aromatic carbocycles. The summed E-state index contributed by atoms with van der Waals surface area (Å²) in [5.74, 6) is 1.05. The lowest BCUT2D eigenvalue weighted by Crippen LogP contribution is -2.25. The zero-order valence-electron chi connectivity index (χ0n) is 13.2. The van der Waals surface area contributed by atoms with E-state index in [0.717, 1.165) is 18.2 Å². The van der Waals surface area contributed by atoms with Crippen molar-refractivity contribution in [3.8, 4) is 0 Å². The second-order valence-electron chi connectivity index (χ2n) is 6.82. The molecule has 0 saturated heterocycles. The predicted octanol–water partition coefficient (Wildman–Crippen LogP) is 4.59. The minimum atomic E-state index is 0.132. The molecule has 3 rings (SSSR count). The smallest absolute Gasteiger partial charge is 0.203 e. The zero-order valence-corrected chi connectivity index (χ0v) is 14.0. The van der Waals surface area contributed by atoms with Crippen LogP contribution in [0.4, 0.5) is 5.95 Å². The average Bonchev–Trinajstić information content (AvgIpc) is 3.13. The lowest BCUT2D eigenvalue weighted by Gasteiger charge is -2.25. The average molecular weight is 303 g/mol. The SMILES string of the molecule is Cc1cn(CC(C)(C)c2cccs2)c(NC2CCCC2)n1. The molecule has 1 saturated carbocycles. The van der Waals surface area contributed by atoms with E-state index in [1.807, 2.05) is 11.3 Å². The van der Waals surface area contributed by atoms with E-state index in [9.17, 15) is 0 Å². The molecule has 0 radical (unpaired) electrons. The van der Waals surface area contributed by atoms with E-state index < -0.39 is 0 Å². The molecule has 0 unspecified atom stereocenters. The summed E-state index contributed by atoms with van der Waals surface area (Å²) in [4.78, 5) is 6.13. The number of aromatic nitrogens is 2. The lowest BCUT2D eigenvalue weighted by molar-refractivity contribution is 0.444. The van der Waals surface area contributed by atoms with Gasteiger partial charge in [0, 0.05) is 29.1 Å². The largest absolute Gasteiger partial charge is 0.353 e. The van der Waals surface area contributed by atoms with Gasteiger partial charge < -0.3 is 9.88 Å². The number of rotatable bonds is 5. The highest BCUT2D eigenvalue weighted by Gasteiger charge is 2.25. The van der Waals surface area contributed by atoms with Gasteiger partial charge in [-0.25, -0.2) is 4.98 Å². The molecule has 0 aliphatic heterocycles.